The Morgan fingerprint density at radius 2 is 2.12 bits per heavy atom. The van der Waals surface area contributed by atoms with Crippen LogP contribution in [0.2, 0.25) is 0 Å². The highest BCUT2D eigenvalue weighted by molar-refractivity contribution is 9.13. The van der Waals surface area contributed by atoms with Gasteiger partial charge in [0.2, 0.25) is 0 Å². The molecular formula is C11H15Br2NO2S. The fourth-order valence-corrected chi connectivity index (χ4v) is 4.02. The minimum Gasteiger partial charge on any atom is -0.394 e. The minimum atomic E-state index is -0.165. The lowest BCUT2D eigenvalue weighted by molar-refractivity contribution is 0.0113. The van der Waals surface area contributed by atoms with Gasteiger partial charge in [-0.3, -0.25) is 0 Å². The molecule has 1 saturated heterocycles. The molecule has 0 saturated carbocycles. The third kappa shape index (κ3) is 3.52. The van der Waals surface area contributed by atoms with E-state index in [-0.39, 0.29) is 12.1 Å². The van der Waals surface area contributed by atoms with Gasteiger partial charge < -0.3 is 15.2 Å². The van der Waals surface area contributed by atoms with E-state index >= 15 is 0 Å². The average molecular weight is 385 g/mol. The summed E-state index contributed by atoms with van der Waals surface area (Å²) in [4.78, 5) is 1.25. The quantitative estimate of drug-likeness (QED) is 0.838. The van der Waals surface area contributed by atoms with E-state index in [1.807, 2.05) is 0 Å². The minimum absolute atomic E-state index is 0.165. The van der Waals surface area contributed by atoms with E-state index in [2.05, 4.69) is 43.2 Å². The van der Waals surface area contributed by atoms with Crippen molar-refractivity contribution in [2.45, 2.75) is 24.9 Å². The Labute approximate surface area is 122 Å². The van der Waals surface area contributed by atoms with Crippen LogP contribution in [0.15, 0.2) is 14.3 Å². The Hall–Kier alpha value is 0.540. The number of ether oxygens (including phenoxy) is 1. The number of rotatable bonds is 4. The molecule has 0 amide bonds. The van der Waals surface area contributed by atoms with Crippen LogP contribution in [0, 0.1) is 0 Å². The summed E-state index contributed by atoms with van der Waals surface area (Å²) in [6.07, 6.45) is 1.74. The molecule has 17 heavy (non-hydrogen) atoms. The van der Waals surface area contributed by atoms with Crippen LogP contribution in [0.1, 0.15) is 17.7 Å². The van der Waals surface area contributed by atoms with Crippen molar-refractivity contribution >= 4 is 43.2 Å². The van der Waals surface area contributed by atoms with Crippen molar-refractivity contribution in [3.05, 3.63) is 19.2 Å². The molecule has 2 N–H and O–H groups in total. The topological polar surface area (TPSA) is 41.5 Å². The SMILES string of the molecule is OCC1(NCc2cc(Br)c(Br)s2)CCOCC1. The number of halogens is 2. The standard InChI is InChI=1S/C11H15Br2NO2S/c12-9-5-8(17-10(9)13)6-14-11(7-15)1-3-16-4-2-11/h5,14-15H,1-4,6-7H2. The second kappa shape index (κ2) is 6.12. The van der Waals surface area contributed by atoms with Crippen molar-refractivity contribution in [1.82, 2.24) is 5.32 Å². The lowest BCUT2D eigenvalue weighted by Gasteiger charge is -2.36. The fraction of sp³-hybridized carbons (Fsp3) is 0.636. The highest BCUT2D eigenvalue weighted by Gasteiger charge is 2.31. The molecular weight excluding hydrogens is 370 g/mol. The third-order valence-corrected chi connectivity index (χ3v) is 6.34. The van der Waals surface area contributed by atoms with Crippen molar-refractivity contribution in [3.63, 3.8) is 0 Å². The van der Waals surface area contributed by atoms with Gasteiger partial charge in [-0.1, -0.05) is 0 Å². The molecule has 0 aliphatic carbocycles. The van der Waals surface area contributed by atoms with Crippen molar-refractivity contribution in [2.24, 2.45) is 0 Å². The van der Waals surface area contributed by atoms with Crippen LogP contribution < -0.4 is 5.32 Å². The van der Waals surface area contributed by atoms with Crippen molar-refractivity contribution in [2.75, 3.05) is 19.8 Å². The first-order valence-electron chi connectivity index (χ1n) is 5.52. The zero-order valence-electron chi connectivity index (χ0n) is 9.34. The van der Waals surface area contributed by atoms with Crippen LogP contribution in [0.25, 0.3) is 0 Å². The molecule has 0 unspecified atom stereocenters. The van der Waals surface area contributed by atoms with E-state index in [1.165, 1.54) is 4.88 Å². The summed E-state index contributed by atoms with van der Waals surface area (Å²) in [5, 5.41) is 13.0. The lowest BCUT2D eigenvalue weighted by Crippen LogP contribution is -2.51. The molecule has 0 spiro atoms. The summed E-state index contributed by atoms with van der Waals surface area (Å²) in [6, 6.07) is 2.10. The molecule has 2 rings (SSSR count). The van der Waals surface area contributed by atoms with Gasteiger partial charge in [-0.05, 0) is 50.8 Å². The van der Waals surface area contributed by atoms with Gasteiger partial charge in [0.15, 0.2) is 0 Å². The summed E-state index contributed by atoms with van der Waals surface area (Å²) >= 11 is 8.67. The molecule has 3 nitrogen and oxygen atoms in total. The molecule has 1 aliphatic rings. The first-order valence-corrected chi connectivity index (χ1v) is 7.93. The first kappa shape index (κ1) is 14.0. The Morgan fingerprint density at radius 3 is 2.65 bits per heavy atom. The molecule has 0 atom stereocenters. The van der Waals surface area contributed by atoms with E-state index < -0.39 is 0 Å². The average Bonchev–Trinajstić information content (AvgIpc) is 2.68. The normalized spacial score (nSPS) is 19.5. The molecule has 1 aromatic rings. The Bertz CT molecular complexity index is 358. The summed E-state index contributed by atoms with van der Waals surface area (Å²) in [5.74, 6) is 0. The molecule has 1 aliphatic heterocycles. The van der Waals surface area contributed by atoms with Crippen molar-refractivity contribution in [3.8, 4) is 0 Å². The van der Waals surface area contributed by atoms with Gasteiger partial charge in [-0.15, -0.1) is 11.3 Å². The van der Waals surface area contributed by atoms with Crippen molar-refractivity contribution in [1.29, 1.82) is 0 Å². The molecule has 6 heteroatoms. The second-order valence-electron chi connectivity index (χ2n) is 4.24. The van der Waals surface area contributed by atoms with Crippen LogP contribution in [0.3, 0.4) is 0 Å². The number of aliphatic hydroxyl groups excluding tert-OH is 1. The maximum atomic E-state index is 9.55. The molecule has 0 bridgehead atoms. The third-order valence-electron chi connectivity index (χ3n) is 3.09. The summed E-state index contributed by atoms with van der Waals surface area (Å²) < 4.78 is 7.54. The van der Waals surface area contributed by atoms with Gasteiger partial charge in [0.25, 0.3) is 0 Å². The fourth-order valence-electron chi connectivity index (χ4n) is 1.91. The van der Waals surface area contributed by atoms with Gasteiger partial charge in [0.1, 0.15) is 0 Å². The van der Waals surface area contributed by atoms with E-state index in [0.29, 0.717) is 0 Å². The van der Waals surface area contributed by atoms with Crippen LogP contribution in [-0.4, -0.2) is 30.5 Å². The van der Waals surface area contributed by atoms with E-state index in [1.54, 1.807) is 11.3 Å². The summed E-state index contributed by atoms with van der Waals surface area (Å²) in [6.45, 7) is 2.41. The Balaban J connectivity index is 1.95. The Kier molecular flexibility index (Phi) is 5.03. The highest BCUT2D eigenvalue weighted by Crippen LogP contribution is 2.32. The van der Waals surface area contributed by atoms with Gasteiger partial charge in [0.05, 0.1) is 10.4 Å². The maximum Gasteiger partial charge on any atom is 0.0843 e. The molecule has 96 valence electrons. The van der Waals surface area contributed by atoms with Crippen LogP contribution in [0.5, 0.6) is 0 Å². The molecule has 1 aromatic heterocycles. The Morgan fingerprint density at radius 1 is 1.41 bits per heavy atom. The lowest BCUT2D eigenvalue weighted by atomic mass is 9.91. The molecule has 1 fully saturated rings. The summed E-state index contributed by atoms with van der Waals surface area (Å²) in [5.41, 5.74) is -0.165. The number of thiophene rings is 1. The number of aliphatic hydroxyl groups is 1. The maximum absolute atomic E-state index is 9.55. The zero-order valence-corrected chi connectivity index (χ0v) is 13.3. The smallest absolute Gasteiger partial charge is 0.0843 e. The van der Waals surface area contributed by atoms with Crippen LogP contribution >= 0.6 is 43.2 Å². The second-order valence-corrected chi connectivity index (χ2v) is 7.55. The number of hydrogen-bond donors (Lipinski definition) is 2. The predicted molar refractivity (Wildman–Crippen MR) is 76.4 cm³/mol. The monoisotopic (exact) mass is 383 g/mol. The molecule has 0 aromatic carbocycles. The predicted octanol–water partition coefficient (Wildman–Crippen LogP) is 2.90. The number of nitrogens with one attached hydrogen (secondary N) is 1. The van der Waals surface area contributed by atoms with E-state index in [0.717, 1.165) is 40.9 Å². The van der Waals surface area contributed by atoms with Crippen molar-refractivity contribution < 1.29 is 9.84 Å². The van der Waals surface area contributed by atoms with Gasteiger partial charge in [-0.25, -0.2) is 0 Å². The van der Waals surface area contributed by atoms with Gasteiger partial charge in [0, 0.05) is 34.6 Å². The van der Waals surface area contributed by atoms with E-state index in [9.17, 15) is 5.11 Å². The largest absolute Gasteiger partial charge is 0.394 e. The zero-order chi connectivity index (χ0) is 12.3. The molecule has 2 heterocycles. The summed E-state index contributed by atoms with van der Waals surface area (Å²) in [7, 11) is 0. The van der Waals surface area contributed by atoms with Crippen LogP contribution in [-0.2, 0) is 11.3 Å². The van der Waals surface area contributed by atoms with E-state index in [4.69, 9.17) is 4.74 Å². The molecule has 0 radical (unpaired) electrons. The van der Waals surface area contributed by atoms with Crippen LogP contribution in [0.4, 0.5) is 0 Å². The number of hydrogen-bond acceptors (Lipinski definition) is 4. The first-order chi connectivity index (χ1) is 8.15. The van der Waals surface area contributed by atoms with Gasteiger partial charge in [-0.2, -0.15) is 0 Å². The van der Waals surface area contributed by atoms with Gasteiger partial charge >= 0.3 is 0 Å². The highest BCUT2D eigenvalue weighted by atomic mass is 79.9.